The molecule has 3 aromatic rings. The van der Waals surface area contributed by atoms with Gasteiger partial charge in [-0.3, -0.25) is 0 Å². The Bertz CT molecular complexity index is 919. The molecule has 0 amide bonds. The molecule has 1 aliphatic rings. The molecule has 4 nitrogen and oxygen atoms in total. The Morgan fingerprint density at radius 1 is 1.15 bits per heavy atom. The maximum absolute atomic E-state index is 13.8. The smallest absolute Gasteiger partial charge is 0.123 e. The van der Waals surface area contributed by atoms with Gasteiger partial charge in [-0.2, -0.15) is 0 Å². The predicted octanol–water partition coefficient (Wildman–Crippen LogP) is 3.68. The Kier molecular flexibility index (Phi) is 4.82. The minimum absolute atomic E-state index is 0.225. The van der Waals surface area contributed by atoms with Gasteiger partial charge in [0.2, 0.25) is 0 Å². The second-order valence-electron chi connectivity index (χ2n) is 6.63. The average molecular weight is 351 g/mol. The number of hydrogen-bond acceptors (Lipinski definition) is 3. The number of nitrogens with zero attached hydrogens (tertiary/aromatic N) is 2. The lowest BCUT2D eigenvalue weighted by Gasteiger charge is -2.18. The van der Waals surface area contributed by atoms with Gasteiger partial charge in [-0.1, -0.05) is 18.2 Å². The standard InChI is InChI=1S/C21H22FN3O/c1-15-24-7-8-25(15)21-5-4-20(22)11-19(21)13-23-12-16-2-3-18-14-26-9-6-17(18)10-16/h2-5,7-8,10-11,23H,6,9,12-14H2,1H3. The molecule has 26 heavy (non-hydrogen) atoms. The molecule has 0 aliphatic carbocycles. The summed E-state index contributed by atoms with van der Waals surface area (Å²) in [5.74, 6) is 0.659. The van der Waals surface area contributed by atoms with Crippen LogP contribution in [0.2, 0.25) is 0 Å². The first-order valence-electron chi connectivity index (χ1n) is 8.88. The molecule has 0 atom stereocenters. The van der Waals surface area contributed by atoms with E-state index in [0.29, 0.717) is 13.2 Å². The number of rotatable bonds is 5. The molecule has 4 rings (SSSR count). The van der Waals surface area contributed by atoms with Gasteiger partial charge in [0.1, 0.15) is 11.6 Å². The highest BCUT2D eigenvalue weighted by Crippen LogP contribution is 2.20. The van der Waals surface area contributed by atoms with Gasteiger partial charge in [-0.25, -0.2) is 9.37 Å². The zero-order chi connectivity index (χ0) is 17.9. The van der Waals surface area contributed by atoms with Gasteiger partial charge in [0.25, 0.3) is 0 Å². The third-order valence-corrected chi connectivity index (χ3v) is 4.82. The van der Waals surface area contributed by atoms with Gasteiger partial charge in [-0.05, 0) is 53.8 Å². The summed E-state index contributed by atoms with van der Waals surface area (Å²) in [6.07, 6.45) is 4.63. The zero-order valence-electron chi connectivity index (χ0n) is 14.8. The average Bonchev–Trinajstić information content (AvgIpc) is 3.07. The van der Waals surface area contributed by atoms with Gasteiger partial charge in [0, 0.05) is 25.5 Å². The van der Waals surface area contributed by atoms with Crippen LogP contribution in [0.3, 0.4) is 0 Å². The molecule has 1 aliphatic heterocycles. The van der Waals surface area contributed by atoms with Crippen molar-refractivity contribution >= 4 is 0 Å². The Morgan fingerprint density at radius 3 is 2.92 bits per heavy atom. The fourth-order valence-electron chi connectivity index (χ4n) is 3.43. The van der Waals surface area contributed by atoms with E-state index in [1.807, 2.05) is 17.7 Å². The second kappa shape index (κ2) is 7.40. The van der Waals surface area contributed by atoms with Crippen LogP contribution in [0.25, 0.3) is 5.69 Å². The van der Waals surface area contributed by atoms with E-state index < -0.39 is 0 Å². The first-order chi connectivity index (χ1) is 12.7. The summed E-state index contributed by atoms with van der Waals surface area (Å²) in [5.41, 5.74) is 5.76. The summed E-state index contributed by atoms with van der Waals surface area (Å²) >= 11 is 0. The summed E-state index contributed by atoms with van der Waals surface area (Å²) in [7, 11) is 0. The fraction of sp³-hybridized carbons (Fsp3) is 0.286. The van der Waals surface area contributed by atoms with E-state index in [-0.39, 0.29) is 5.82 Å². The third-order valence-electron chi connectivity index (χ3n) is 4.82. The number of ether oxygens (including phenoxy) is 1. The molecule has 0 spiro atoms. The summed E-state index contributed by atoms with van der Waals surface area (Å²) in [5, 5.41) is 3.44. The molecule has 5 heteroatoms. The van der Waals surface area contributed by atoms with Crippen molar-refractivity contribution in [1.29, 1.82) is 0 Å². The van der Waals surface area contributed by atoms with E-state index >= 15 is 0 Å². The molecule has 2 aromatic carbocycles. The van der Waals surface area contributed by atoms with Crippen molar-refractivity contribution < 1.29 is 9.13 Å². The van der Waals surface area contributed by atoms with E-state index in [1.54, 1.807) is 18.3 Å². The van der Waals surface area contributed by atoms with Crippen LogP contribution < -0.4 is 5.32 Å². The van der Waals surface area contributed by atoms with Crippen molar-refractivity contribution in [1.82, 2.24) is 14.9 Å². The van der Waals surface area contributed by atoms with Crippen LogP contribution in [0.4, 0.5) is 4.39 Å². The van der Waals surface area contributed by atoms with Crippen molar-refractivity contribution in [3.05, 3.63) is 82.7 Å². The zero-order valence-corrected chi connectivity index (χ0v) is 14.8. The first kappa shape index (κ1) is 16.9. The van der Waals surface area contributed by atoms with Crippen molar-refractivity contribution in [2.24, 2.45) is 0 Å². The molecule has 0 bridgehead atoms. The van der Waals surface area contributed by atoms with Crippen molar-refractivity contribution in [3.63, 3.8) is 0 Å². The number of benzene rings is 2. The van der Waals surface area contributed by atoms with E-state index in [1.165, 1.54) is 22.8 Å². The Morgan fingerprint density at radius 2 is 2.08 bits per heavy atom. The maximum atomic E-state index is 13.8. The monoisotopic (exact) mass is 351 g/mol. The molecule has 1 aromatic heterocycles. The van der Waals surface area contributed by atoms with E-state index in [0.717, 1.165) is 36.6 Å². The highest BCUT2D eigenvalue weighted by Gasteiger charge is 2.11. The Balaban J connectivity index is 1.48. The third kappa shape index (κ3) is 3.54. The minimum Gasteiger partial charge on any atom is -0.376 e. The Hall–Kier alpha value is -2.50. The maximum Gasteiger partial charge on any atom is 0.123 e. The lowest BCUT2D eigenvalue weighted by Crippen LogP contribution is -2.16. The molecule has 1 N–H and O–H groups in total. The molecule has 134 valence electrons. The number of fused-ring (bicyclic) bond motifs is 1. The second-order valence-corrected chi connectivity index (χ2v) is 6.63. The van der Waals surface area contributed by atoms with Gasteiger partial charge < -0.3 is 14.6 Å². The molecular weight excluding hydrogens is 329 g/mol. The minimum atomic E-state index is -0.225. The summed E-state index contributed by atoms with van der Waals surface area (Å²) < 4.78 is 21.2. The largest absolute Gasteiger partial charge is 0.376 e. The number of halogens is 1. The molecule has 0 saturated carbocycles. The summed E-state index contributed by atoms with van der Waals surface area (Å²) in [6.45, 7) is 4.77. The Labute approximate surface area is 152 Å². The lowest BCUT2D eigenvalue weighted by molar-refractivity contribution is 0.110. The van der Waals surface area contributed by atoms with Crippen molar-refractivity contribution in [2.45, 2.75) is 33.0 Å². The van der Waals surface area contributed by atoms with Crippen LogP contribution in [-0.4, -0.2) is 16.2 Å². The molecule has 2 heterocycles. The fourth-order valence-corrected chi connectivity index (χ4v) is 3.43. The van der Waals surface area contributed by atoms with Gasteiger partial charge in [0.05, 0.1) is 18.9 Å². The molecule has 0 unspecified atom stereocenters. The lowest BCUT2D eigenvalue weighted by atomic mass is 10.0. The summed E-state index contributed by atoms with van der Waals surface area (Å²) in [4.78, 5) is 4.26. The van der Waals surface area contributed by atoms with Crippen LogP contribution >= 0.6 is 0 Å². The number of aryl methyl sites for hydroxylation is 1. The normalized spacial score (nSPS) is 13.6. The number of hydrogen-bond donors (Lipinski definition) is 1. The van der Waals surface area contributed by atoms with Crippen molar-refractivity contribution in [3.8, 4) is 5.69 Å². The molecular formula is C21H22FN3O. The first-order valence-corrected chi connectivity index (χ1v) is 8.88. The molecule has 0 saturated heterocycles. The summed E-state index contributed by atoms with van der Waals surface area (Å²) in [6, 6.07) is 11.4. The van der Waals surface area contributed by atoms with Crippen LogP contribution in [0.5, 0.6) is 0 Å². The highest BCUT2D eigenvalue weighted by atomic mass is 19.1. The van der Waals surface area contributed by atoms with Crippen LogP contribution in [0, 0.1) is 12.7 Å². The van der Waals surface area contributed by atoms with Crippen molar-refractivity contribution in [2.75, 3.05) is 6.61 Å². The van der Waals surface area contributed by atoms with Gasteiger partial charge in [-0.15, -0.1) is 0 Å². The predicted molar refractivity (Wildman–Crippen MR) is 98.6 cm³/mol. The van der Waals surface area contributed by atoms with Crippen LogP contribution in [-0.2, 0) is 30.9 Å². The quantitative estimate of drug-likeness (QED) is 0.762. The van der Waals surface area contributed by atoms with E-state index in [9.17, 15) is 4.39 Å². The highest BCUT2D eigenvalue weighted by molar-refractivity contribution is 5.42. The van der Waals surface area contributed by atoms with E-state index in [4.69, 9.17) is 4.74 Å². The SMILES string of the molecule is Cc1nccn1-c1ccc(F)cc1CNCc1ccc2c(c1)CCOC2. The topological polar surface area (TPSA) is 39.1 Å². The van der Waals surface area contributed by atoms with Gasteiger partial charge in [0.15, 0.2) is 0 Å². The van der Waals surface area contributed by atoms with E-state index in [2.05, 4.69) is 28.5 Å². The number of aromatic nitrogens is 2. The number of imidazole rings is 1. The van der Waals surface area contributed by atoms with Crippen LogP contribution in [0.1, 0.15) is 28.1 Å². The number of nitrogens with one attached hydrogen (secondary N) is 1. The van der Waals surface area contributed by atoms with Gasteiger partial charge >= 0.3 is 0 Å². The molecule has 0 fully saturated rings. The van der Waals surface area contributed by atoms with Crippen LogP contribution in [0.15, 0.2) is 48.8 Å². The molecule has 0 radical (unpaired) electrons.